The van der Waals surface area contributed by atoms with Gasteiger partial charge >= 0.3 is 6.03 Å². The third-order valence-corrected chi connectivity index (χ3v) is 9.92. The van der Waals surface area contributed by atoms with E-state index in [4.69, 9.17) is 14.5 Å². The maximum atomic E-state index is 12.6. The summed E-state index contributed by atoms with van der Waals surface area (Å²) >= 11 is 0. The number of nitrogens with zero attached hydrogens (tertiary/aromatic N) is 5. The van der Waals surface area contributed by atoms with Gasteiger partial charge in [-0.15, -0.1) is 0 Å². The molecule has 0 bridgehead atoms. The highest BCUT2D eigenvalue weighted by molar-refractivity contribution is 5.74. The monoisotopic (exact) mass is 590 g/mol. The highest BCUT2D eigenvalue weighted by atomic mass is 16.5. The van der Waals surface area contributed by atoms with Gasteiger partial charge < -0.3 is 29.5 Å². The first-order chi connectivity index (χ1) is 21.1. The fraction of sp³-hybridized carbons (Fsp3) is 0.647. The SMILES string of the molecule is COc1ccc(-c2cc(N3CCOCC3)nc(N3CCN(CCC4CCC(NC(=O)N5CCCCC5)CC4)CC3)c2)cc1. The predicted octanol–water partition coefficient (Wildman–Crippen LogP) is 4.86. The van der Waals surface area contributed by atoms with Crippen molar-refractivity contribution in [3.63, 3.8) is 0 Å². The molecule has 0 unspecified atom stereocenters. The van der Waals surface area contributed by atoms with Crippen molar-refractivity contribution in [1.82, 2.24) is 20.1 Å². The average Bonchev–Trinajstić information content (AvgIpc) is 3.09. The van der Waals surface area contributed by atoms with Gasteiger partial charge in [0.25, 0.3) is 0 Å². The van der Waals surface area contributed by atoms with E-state index in [1.165, 1.54) is 43.4 Å². The van der Waals surface area contributed by atoms with Crippen LogP contribution in [0, 0.1) is 5.92 Å². The minimum absolute atomic E-state index is 0.169. The van der Waals surface area contributed by atoms with Crippen LogP contribution in [0.2, 0.25) is 0 Å². The summed E-state index contributed by atoms with van der Waals surface area (Å²) in [4.78, 5) is 27.2. The molecule has 3 saturated heterocycles. The number of piperazine rings is 1. The quantitative estimate of drug-likeness (QED) is 0.471. The van der Waals surface area contributed by atoms with Crippen molar-refractivity contribution in [2.45, 2.75) is 57.4 Å². The summed E-state index contributed by atoms with van der Waals surface area (Å²) in [5, 5.41) is 3.33. The van der Waals surface area contributed by atoms with Crippen molar-refractivity contribution >= 4 is 17.7 Å². The second-order valence-corrected chi connectivity index (χ2v) is 12.7. The van der Waals surface area contributed by atoms with Crippen LogP contribution in [-0.2, 0) is 4.74 Å². The normalized spacial score (nSPS) is 23.7. The molecule has 3 aliphatic heterocycles. The van der Waals surface area contributed by atoms with Crippen LogP contribution in [0.3, 0.4) is 0 Å². The van der Waals surface area contributed by atoms with Gasteiger partial charge in [-0.1, -0.05) is 12.1 Å². The largest absolute Gasteiger partial charge is 0.497 e. The Balaban J connectivity index is 0.996. The third-order valence-electron chi connectivity index (χ3n) is 9.92. The van der Waals surface area contributed by atoms with Gasteiger partial charge in [0.15, 0.2) is 0 Å². The molecule has 1 saturated carbocycles. The Kier molecular flexibility index (Phi) is 10.2. The van der Waals surface area contributed by atoms with E-state index < -0.39 is 0 Å². The lowest BCUT2D eigenvalue weighted by atomic mass is 9.84. The van der Waals surface area contributed by atoms with Crippen LogP contribution in [0.5, 0.6) is 5.75 Å². The predicted molar refractivity (Wildman–Crippen MR) is 172 cm³/mol. The number of benzene rings is 1. The molecule has 4 fully saturated rings. The second-order valence-electron chi connectivity index (χ2n) is 12.7. The molecule has 2 aromatic rings. The summed E-state index contributed by atoms with van der Waals surface area (Å²) in [6.07, 6.45) is 9.54. The number of anilines is 2. The molecule has 1 N–H and O–H groups in total. The van der Waals surface area contributed by atoms with Crippen molar-refractivity contribution in [3.8, 4) is 16.9 Å². The van der Waals surface area contributed by atoms with Gasteiger partial charge in [-0.25, -0.2) is 9.78 Å². The lowest BCUT2D eigenvalue weighted by Crippen LogP contribution is -2.48. The lowest BCUT2D eigenvalue weighted by Gasteiger charge is -2.37. The van der Waals surface area contributed by atoms with E-state index in [9.17, 15) is 4.79 Å². The number of piperidine rings is 1. The molecule has 0 spiro atoms. The van der Waals surface area contributed by atoms with E-state index in [1.807, 2.05) is 17.0 Å². The minimum Gasteiger partial charge on any atom is -0.497 e. The Hall–Kier alpha value is -3.04. The van der Waals surface area contributed by atoms with E-state index in [-0.39, 0.29) is 6.03 Å². The molecule has 2 amide bonds. The molecule has 0 atom stereocenters. The highest BCUT2D eigenvalue weighted by Crippen LogP contribution is 2.31. The Morgan fingerprint density at radius 1 is 0.837 bits per heavy atom. The maximum absolute atomic E-state index is 12.6. The number of rotatable bonds is 8. The number of carbonyl (C=O) groups is 1. The van der Waals surface area contributed by atoms with Gasteiger partial charge in [0.2, 0.25) is 0 Å². The number of methoxy groups -OCH3 is 1. The third kappa shape index (κ3) is 7.92. The summed E-state index contributed by atoms with van der Waals surface area (Å²) in [7, 11) is 1.71. The molecule has 6 rings (SSSR count). The van der Waals surface area contributed by atoms with Crippen LogP contribution in [0.4, 0.5) is 16.4 Å². The number of hydrogen-bond donors (Lipinski definition) is 1. The molecule has 1 aromatic heterocycles. The summed E-state index contributed by atoms with van der Waals surface area (Å²) in [6, 6.07) is 13.3. The van der Waals surface area contributed by atoms with E-state index in [0.717, 1.165) is 115 Å². The standard InChI is InChI=1S/C34H50N6O3/c1-42-31-11-7-28(8-12-31)29-25-32(36-33(26-29)39-21-23-43-24-22-39)38-19-17-37(18-20-38)16-13-27-5-9-30(10-6-27)35-34(41)40-14-3-2-4-15-40/h7-8,11-12,25-27,30H,2-6,9-10,13-24H2,1H3,(H,35,41). The van der Waals surface area contributed by atoms with Crippen LogP contribution < -0.4 is 19.9 Å². The van der Waals surface area contributed by atoms with Crippen LogP contribution in [0.15, 0.2) is 36.4 Å². The molecule has 4 aliphatic rings. The van der Waals surface area contributed by atoms with E-state index in [0.29, 0.717) is 6.04 Å². The van der Waals surface area contributed by atoms with E-state index in [1.54, 1.807) is 7.11 Å². The molecule has 9 nitrogen and oxygen atoms in total. The first-order valence-corrected chi connectivity index (χ1v) is 16.7. The number of nitrogens with one attached hydrogen (secondary N) is 1. The topological polar surface area (TPSA) is 73.4 Å². The Bertz CT molecular complexity index is 1170. The summed E-state index contributed by atoms with van der Waals surface area (Å²) in [5.41, 5.74) is 2.37. The van der Waals surface area contributed by atoms with Gasteiger partial charge in [-0.3, -0.25) is 4.90 Å². The number of aromatic nitrogens is 1. The first kappa shape index (κ1) is 30.0. The van der Waals surface area contributed by atoms with Crippen molar-refractivity contribution in [1.29, 1.82) is 0 Å². The number of ether oxygens (including phenoxy) is 2. The molecule has 43 heavy (non-hydrogen) atoms. The first-order valence-electron chi connectivity index (χ1n) is 16.7. The number of likely N-dealkylation sites (tertiary alicyclic amines) is 1. The van der Waals surface area contributed by atoms with Crippen molar-refractivity contribution in [3.05, 3.63) is 36.4 Å². The van der Waals surface area contributed by atoms with Crippen LogP contribution >= 0.6 is 0 Å². The van der Waals surface area contributed by atoms with Crippen molar-refractivity contribution in [2.24, 2.45) is 5.92 Å². The van der Waals surface area contributed by atoms with E-state index >= 15 is 0 Å². The second kappa shape index (κ2) is 14.6. The minimum atomic E-state index is 0.169. The molecule has 1 aliphatic carbocycles. The van der Waals surface area contributed by atoms with Gasteiger partial charge in [0.05, 0.1) is 20.3 Å². The van der Waals surface area contributed by atoms with Gasteiger partial charge in [-0.05, 0) is 99.2 Å². The summed E-state index contributed by atoms with van der Waals surface area (Å²) in [5.74, 6) is 3.76. The fourth-order valence-electron chi connectivity index (χ4n) is 7.09. The smallest absolute Gasteiger partial charge is 0.317 e. The lowest BCUT2D eigenvalue weighted by molar-refractivity contribution is 0.122. The zero-order valence-electron chi connectivity index (χ0n) is 26.0. The van der Waals surface area contributed by atoms with Crippen LogP contribution in [-0.4, -0.2) is 106 Å². The Labute approximate surface area is 257 Å². The van der Waals surface area contributed by atoms with Crippen molar-refractivity contribution in [2.75, 3.05) is 89.0 Å². The summed E-state index contributed by atoms with van der Waals surface area (Å²) in [6.45, 7) is 10.4. The molecule has 9 heteroatoms. The molecule has 234 valence electrons. The molecule has 0 radical (unpaired) electrons. The zero-order chi connectivity index (χ0) is 29.4. The fourth-order valence-corrected chi connectivity index (χ4v) is 7.09. The zero-order valence-corrected chi connectivity index (χ0v) is 26.0. The number of hydrogen-bond acceptors (Lipinski definition) is 7. The van der Waals surface area contributed by atoms with Crippen LogP contribution in [0.25, 0.3) is 11.1 Å². The number of amides is 2. The number of carbonyl (C=O) groups excluding carboxylic acids is 1. The number of pyridine rings is 1. The maximum Gasteiger partial charge on any atom is 0.317 e. The Morgan fingerprint density at radius 3 is 2.14 bits per heavy atom. The molecule has 1 aromatic carbocycles. The average molecular weight is 591 g/mol. The molecular weight excluding hydrogens is 540 g/mol. The molecular formula is C34H50N6O3. The summed E-state index contributed by atoms with van der Waals surface area (Å²) < 4.78 is 11.0. The molecule has 4 heterocycles. The Morgan fingerprint density at radius 2 is 1.49 bits per heavy atom. The number of urea groups is 1. The number of morpholine rings is 1. The van der Waals surface area contributed by atoms with Gasteiger partial charge in [0.1, 0.15) is 17.4 Å². The van der Waals surface area contributed by atoms with Crippen LogP contribution in [0.1, 0.15) is 51.4 Å². The van der Waals surface area contributed by atoms with Gasteiger partial charge in [0, 0.05) is 58.4 Å². The highest BCUT2D eigenvalue weighted by Gasteiger charge is 2.26. The van der Waals surface area contributed by atoms with E-state index in [2.05, 4.69) is 44.3 Å². The van der Waals surface area contributed by atoms with Crippen molar-refractivity contribution < 1.29 is 14.3 Å². The van der Waals surface area contributed by atoms with Gasteiger partial charge in [-0.2, -0.15) is 0 Å².